The van der Waals surface area contributed by atoms with Gasteiger partial charge in [-0.15, -0.1) is 0 Å². The van der Waals surface area contributed by atoms with Gasteiger partial charge in [-0.1, -0.05) is 0 Å². The molecule has 0 aromatic heterocycles. The number of hydrogen-bond donors (Lipinski definition) is 2. The van der Waals surface area contributed by atoms with Crippen LogP contribution in [0.4, 0.5) is 0 Å². The molecule has 0 amide bonds. The molecule has 0 saturated heterocycles. The summed E-state index contributed by atoms with van der Waals surface area (Å²) < 4.78 is 29.6. The van der Waals surface area contributed by atoms with E-state index in [0.717, 1.165) is 5.57 Å². The van der Waals surface area contributed by atoms with E-state index < -0.39 is 14.2 Å². The van der Waals surface area contributed by atoms with Crippen molar-refractivity contribution in [2.45, 2.75) is 13.3 Å². The van der Waals surface area contributed by atoms with Crippen LogP contribution in [0.25, 0.3) is 0 Å². The normalized spacial score (nSPS) is 11.4. The first-order valence-electron chi connectivity index (χ1n) is 4.19. The van der Waals surface area contributed by atoms with Crippen LogP contribution < -0.4 is 4.35 Å². The monoisotopic (exact) mass is 256 g/mol. The summed E-state index contributed by atoms with van der Waals surface area (Å²) in [6.45, 7) is 5.56. The van der Waals surface area contributed by atoms with Gasteiger partial charge in [0.1, 0.15) is 0 Å². The molecule has 0 bridgehead atoms. The molecule has 0 heterocycles. The zero-order chi connectivity index (χ0) is 10.8. The van der Waals surface area contributed by atoms with Crippen molar-refractivity contribution in [2.75, 3.05) is 0 Å². The second kappa shape index (κ2) is 4.18. The number of rotatable bonds is 3. The van der Waals surface area contributed by atoms with Crippen molar-refractivity contribution in [1.82, 2.24) is 0 Å². The summed E-state index contributed by atoms with van der Waals surface area (Å²) in [5.41, 5.74) is 1.56. The molecule has 0 unspecified atom stereocenters. The van der Waals surface area contributed by atoms with Gasteiger partial charge in [-0.2, -0.15) is 0 Å². The van der Waals surface area contributed by atoms with Crippen molar-refractivity contribution < 1.29 is 11.9 Å². The van der Waals surface area contributed by atoms with Gasteiger partial charge in [-0.05, 0) is 0 Å². The third-order valence-corrected chi connectivity index (χ3v) is 4.03. The Labute approximate surface area is 86.1 Å². The Morgan fingerprint density at radius 3 is 2.50 bits per heavy atom. The molecule has 0 saturated carbocycles. The Hall–Kier alpha value is -0.762. The maximum atomic E-state index is 11.2. The molecule has 0 atom stereocenters. The fourth-order valence-electron chi connectivity index (χ4n) is 1.27. The van der Waals surface area contributed by atoms with E-state index in [9.17, 15) is 3.74 Å². The van der Waals surface area contributed by atoms with Crippen molar-refractivity contribution in [1.29, 1.82) is 0 Å². The molecule has 0 aliphatic heterocycles. The van der Waals surface area contributed by atoms with Crippen molar-refractivity contribution >= 4 is 18.5 Å². The summed E-state index contributed by atoms with van der Waals surface area (Å²) in [4.78, 5) is 0. The summed E-state index contributed by atoms with van der Waals surface area (Å²) in [7, 11) is 0. The van der Waals surface area contributed by atoms with Crippen molar-refractivity contribution in [3.8, 4) is 0 Å². The predicted octanol–water partition coefficient (Wildman–Crippen LogP) is 0.366. The van der Waals surface area contributed by atoms with E-state index in [1.165, 1.54) is 6.07 Å². The predicted molar refractivity (Wildman–Crippen MR) is 55.5 cm³/mol. The van der Waals surface area contributed by atoms with Crippen LogP contribution in [0.1, 0.15) is 12.5 Å². The van der Waals surface area contributed by atoms with E-state index in [-0.39, 0.29) is 4.35 Å². The minimum absolute atomic E-state index is 0.161. The van der Waals surface area contributed by atoms with Gasteiger partial charge in [0.25, 0.3) is 0 Å². The summed E-state index contributed by atoms with van der Waals surface area (Å²) >= 11 is -4.77. The molecule has 14 heavy (non-hydrogen) atoms. The number of hydrogen-bond acceptors (Lipinski definition) is 1. The summed E-state index contributed by atoms with van der Waals surface area (Å²) in [6, 6.07) is 6.62. The van der Waals surface area contributed by atoms with Gasteiger partial charge in [0.2, 0.25) is 0 Å². The third kappa shape index (κ3) is 2.88. The molecule has 1 rings (SSSR count). The number of benzene rings is 1. The molecule has 1 aromatic carbocycles. The van der Waals surface area contributed by atoms with Gasteiger partial charge < -0.3 is 0 Å². The maximum absolute atomic E-state index is 11.2. The van der Waals surface area contributed by atoms with Crippen LogP contribution in [0.2, 0.25) is 0 Å². The van der Waals surface area contributed by atoms with Gasteiger partial charge in [-0.3, -0.25) is 0 Å². The van der Waals surface area contributed by atoms with Gasteiger partial charge in [-0.25, -0.2) is 0 Å². The topological polar surface area (TPSA) is 57.5 Å². The van der Waals surface area contributed by atoms with Crippen LogP contribution >= 0.6 is 0 Å². The third-order valence-electron chi connectivity index (χ3n) is 1.80. The standard InChI is InChI=1S/C10H13AsO3/c1-8(2)7-9-5-3-4-6-10(9)11(12,13)14/h3-6H,1,7H2,2H3,(H2,12,13,14). The molecule has 4 heteroatoms. The molecular weight excluding hydrogens is 243 g/mol. The Kier molecular flexibility index (Phi) is 3.38. The molecular formula is C10H13AsO3. The summed E-state index contributed by atoms with van der Waals surface area (Å²) in [5, 5.41) is 0. The molecule has 0 aliphatic carbocycles. The SMILES string of the molecule is C=C(C)Cc1ccccc1[As](=O)(O)O. The minimum atomic E-state index is -4.77. The number of allylic oxidation sites excluding steroid dienone is 1. The average Bonchev–Trinajstić information content (AvgIpc) is 2.01. The van der Waals surface area contributed by atoms with Crippen molar-refractivity contribution in [2.24, 2.45) is 0 Å². The Morgan fingerprint density at radius 1 is 1.43 bits per heavy atom. The van der Waals surface area contributed by atoms with Gasteiger partial charge in [0.05, 0.1) is 0 Å². The Morgan fingerprint density at radius 2 is 2.00 bits per heavy atom. The van der Waals surface area contributed by atoms with Crippen LogP contribution in [0, 0.1) is 0 Å². The van der Waals surface area contributed by atoms with E-state index in [1.54, 1.807) is 18.2 Å². The second-order valence-electron chi connectivity index (χ2n) is 3.31. The Balaban J connectivity index is 3.16. The van der Waals surface area contributed by atoms with Gasteiger partial charge in [0.15, 0.2) is 0 Å². The molecule has 0 radical (unpaired) electrons. The molecule has 2 N–H and O–H groups in total. The molecule has 0 spiro atoms. The van der Waals surface area contributed by atoms with Crippen molar-refractivity contribution in [3.05, 3.63) is 42.0 Å². The van der Waals surface area contributed by atoms with Crippen LogP contribution in [0.3, 0.4) is 0 Å². The molecule has 76 valence electrons. The Bertz CT molecular complexity index is 392. The molecule has 3 nitrogen and oxygen atoms in total. The van der Waals surface area contributed by atoms with Crippen LogP contribution in [-0.2, 0) is 10.2 Å². The van der Waals surface area contributed by atoms with E-state index in [0.29, 0.717) is 12.0 Å². The molecule has 0 aliphatic rings. The van der Waals surface area contributed by atoms with Crippen LogP contribution in [0.15, 0.2) is 36.4 Å². The summed E-state index contributed by atoms with van der Waals surface area (Å²) in [5.74, 6) is 0. The second-order valence-corrected chi connectivity index (χ2v) is 6.60. The molecule has 0 fully saturated rings. The van der Waals surface area contributed by atoms with Crippen LogP contribution in [0.5, 0.6) is 0 Å². The first-order valence-corrected chi connectivity index (χ1v) is 7.58. The van der Waals surface area contributed by atoms with E-state index in [1.807, 2.05) is 6.92 Å². The van der Waals surface area contributed by atoms with Crippen LogP contribution in [-0.4, -0.2) is 22.4 Å². The fourth-order valence-corrected chi connectivity index (χ4v) is 2.96. The van der Waals surface area contributed by atoms with E-state index in [2.05, 4.69) is 6.58 Å². The summed E-state index contributed by atoms with van der Waals surface area (Å²) in [6.07, 6.45) is 0.516. The average molecular weight is 256 g/mol. The van der Waals surface area contributed by atoms with E-state index >= 15 is 0 Å². The van der Waals surface area contributed by atoms with E-state index in [4.69, 9.17) is 8.19 Å². The van der Waals surface area contributed by atoms with Gasteiger partial charge in [0, 0.05) is 0 Å². The zero-order valence-electron chi connectivity index (χ0n) is 7.97. The zero-order valence-corrected chi connectivity index (χ0v) is 9.85. The van der Waals surface area contributed by atoms with Crippen molar-refractivity contribution in [3.63, 3.8) is 0 Å². The first-order chi connectivity index (χ1) is 6.41. The first kappa shape index (κ1) is 11.3. The quantitative estimate of drug-likeness (QED) is 0.606. The van der Waals surface area contributed by atoms with Gasteiger partial charge >= 0.3 is 85.8 Å². The molecule has 1 aromatic rings. The fraction of sp³-hybridized carbons (Fsp3) is 0.200.